The average Bonchev–Trinajstić information content (AvgIpc) is 2.28. The highest BCUT2D eigenvalue weighted by Gasteiger charge is 2.22. The van der Waals surface area contributed by atoms with E-state index in [9.17, 15) is 0 Å². The van der Waals surface area contributed by atoms with E-state index in [-0.39, 0.29) is 5.54 Å². The summed E-state index contributed by atoms with van der Waals surface area (Å²) in [5, 5.41) is 4.34. The van der Waals surface area contributed by atoms with Crippen LogP contribution >= 0.6 is 38.5 Å². The Morgan fingerprint density at radius 1 is 1.46 bits per heavy atom. The monoisotopic (exact) mass is 358 g/mol. The van der Waals surface area contributed by atoms with E-state index >= 15 is 0 Å². The molecule has 0 aromatic carbocycles. The Balaban J connectivity index is 3.25. The van der Waals surface area contributed by atoms with Gasteiger partial charge in [0.1, 0.15) is 8.17 Å². The van der Waals surface area contributed by atoms with Crippen molar-refractivity contribution in [1.29, 1.82) is 0 Å². The molecule has 0 bridgehead atoms. The number of hydrogen-bond donors (Lipinski definition) is 0. The zero-order chi connectivity index (χ0) is 10.2. The van der Waals surface area contributed by atoms with Gasteiger partial charge in [-0.15, -0.1) is 5.10 Å². The third-order valence-corrected chi connectivity index (χ3v) is 4.03. The normalized spacial score (nSPS) is 11.8. The first-order valence-corrected chi connectivity index (χ1v) is 5.73. The van der Waals surface area contributed by atoms with E-state index < -0.39 is 0 Å². The molecule has 0 fully saturated rings. The zero-order valence-electron chi connectivity index (χ0n) is 8.06. The fraction of sp³-hybridized carbons (Fsp3) is 0.625. The third-order valence-electron chi connectivity index (χ3n) is 1.57. The van der Waals surface area contributed by atoms with Crippen LogP contribution in [0.2, 0.25) is 0 Å². The molecule has 1 aromatic heterocycles. The molecule has 1 heterocycles. The summed E-state index contributed by atoms with van der Waals surface area (Å²) in [6.07, 6.45) is 0. The fourth-order valence-corrected chi connectivity index (χ4v) is 2.41. The van der Waals surface area contributed by atoms with Crippen LogP contribution in [0.25, 0.3) is 0 Å². The van der Waals surface area contributed by atoms with Crippen LogP contribution in [0.4, 0.5) is 0 Å². The van der Waals surface area contributed by atoms with E-state index in [4.69, 9.17) is 4.74 Å². The second-order valence-corrected chi connectivity index (χ2v) is 5.51. The lowest BCUT2D eigenvalue weighted by Crippen LogP contribution is -2.24. The lowest BCUT2D eigenvalue weighted by molar-refractivity contribution is 0.324. The van der Waals surface area contributed by atoms with E-state index in [0.717, 1.165) is 8.17 Å². The lowest BCUT2D eigenvalue weighted by Gasteiger charge is -2.20. The fourth-order valence-electron chi connectivity index (χ4n) is 0.935. The maximum atomic E-state index is 5.12. The number of nitrogens with zero attached hydrogens (tertiary/aromatic N) is 2. The van der Waals surface area contributed by atoms with E-state index in [0.29, 0.717) is 5.88 Å². The van der Waals surface area contributed by atoms with Crippen LogP contribution in [-0.2, 0) is 5.54 Å². The molecule has 0 saturated heterocycles. The minimum Gasteiger partial charge on any atom is -0.479 e. The van der Waals surface area contributed by atoms with Crippen LogP contribution in [0.5, 0.6) is 5.88 Å². The van der Waals surface area contributed by atoms with Crippen molar-refractivity contribution in [2.24, 2.45) is 0 Å². The summed E-state index contributed by atoms with van der Waals surface area (Å²) in [7, 11) is 1.62. The van der Waals surface area contributed by atoms with Gasteiger partial charge >= 0.3 is 0 Å². The first kappa shape index (κ1) is 11.3. The maximum Gasteiger partial charge on any atom is 0.248 e. The first-order chi connectivity index (χ1) is 5.88. The van der Waals surface area contributed by atoms with Crippen LogP contribution in [-0.4, -0.2) is 16.9 Å². The van der Waals surface area contributed by atoms with Crippen molar-refractivity contribution < 1.29 is 4.74 Å². The van der Waals surface area contributed by atoms with Crippen molar-refractivity contribution in [3.05, 3.63) is 8.17 Å². The maximum absolute atomic E-state index is 5.12. The predicted octanol–water partition coefficient (Wildman–Crippen LogP) is 3.01. The van der Waals surface area contributed by atoms with Gasteiger partial charge in [-0.25, -0.2) is 4.68 Å². The van der Waals surface area contributed by atoms with Crippen molar-refractivity contribution >= 4 is 38.5 Å². The number of ether oxygens (including phenoxy) is 1. The van der Waals surface area contributed by atoms with E-state index in [1.807, 2.05) is 4.68 Å². The molecule has 0 radical (unpaired) electrons. The molecule has 0 atom stereocenters. The van der Waals surface area contributed by atoms with Gasteiger partial charge in [0.2, 0.25) is 5.88 Å². The van der Waals surface area contributed by atoms with Gasteiger partial charge in [0.25, 0.3) is 0 Å². The molecular weight excluding hydrogens is 347 g/mol. The molecule has 1 rings (SSSR count). The number of hydrogen-bond acceptors (Lipinski definition) is 2. The number of halogens is 2. The number of methoxy groups -OCH3 is 1. The molecule has 13 heavy (non-hydrogen) atoms. The molecule has 5 heteroatoms. The Morgan fingerprint density at radius 3 is 2.23 bits per heavy atom. The predicted molar refractivity (Wildman–Crippen MR) is 64.2 cm³/mol. The van der Waals surface area contributed by atoms with Gasteiger partial charge in [-0.1, -0.05) is 0 Å². The Labute approximate surface area is 100 Å². The van der Waals surface area contributed by atoms with Gasteiger partial charge < -0.3 is 4.74 Å². The molecule has 0 saturated carbocycles. The largest absolute Gasteiger partial charge is 0.479 e. The minimum atomic E-state index is -0.0180. The molecular formula is C8H12BrIN2O. The Bertz CT molecular complexity index is 317. The quantitative estimate of drug-likeness (QED) is 0.721. The Kier molecular flexibility index (Phi) is 3.27. The smallest absolute Gasteiger partial charge is 0.248 e. The molecule has 3 nitrogen and oxygen atoms in total. The SMILES string of the molecule is COc1nn(C(C)(C)C)c(I)c1Br. The zero-order valence-corrected chi connectivity index (χ0v) is 11.8. The molecule has 0 aliphatic carbocycles. The second-order valence-electron chi connectivity index (χ2n) is 3.70. The molecule has 0 unspecified atom stereocenters. The van der Waals surface area contributed by atoms with Gasteiger partial charge in [-0.05, 0) is 59.3 Å². The van der Waals surface area contributed by atoms with Crippen molar-refractivity contribution in [3.8, 4) is 5.88 Å². The van der Waals surface area contributed by atoms with Gasteiger partial charge in [0.05, 0.1) is 12.6 Å². The topological polar surface area (TPSA) is 27.1 Å². The molecule has 1 aromatic rings. The number of aromatic nitrogens is 2. The third kappa shape index (κ3) is 2.18. The van der Waals surface area contributed by atoms with E-state index in [1.165, 1.54) is 0 Å². The van der Waals surface area contributed by atoms with Gasteiger partial charge in [0, 0.05) is 0 Å². The van der Waals surface area contributed by atoms with E-state index in [2.05, 4.69) is 64.4 Å². The minimum absolute atomic E-state index is 0.0180. The summed E-state index contributed by atoms with van der Waals surface area (Å²) in [4.78, 5) is 0. The average molecular weight is 359 g/mol. The summed E-state index contributed by atoms with van der Waals surface area (Å²) in [6.45, 7) is 6.32. The Morgan fingerprint density at radius 2 is 2.00 bits per heavy atom. The number of rotatable bonds is 1. The highest BCUT2D eigenvalue weighted by atomic mass is 127. The standard InChI is InChI=1S/C8H12BrIN2O/c1-8(2,3)12-6(10)5(9)7(11-12)13-4/h1-4H3. The highest BCUT2D eigenvalue weighted by Crippen LogP contribution is 2.32. The molecule has 0 N–H and O–H groups in total. The summed E-state index contributed by atoms with van der Waals surface area (Å²) in [5.41, 5.74) is -0.0180. The van der Waals surface area contributed by atoms with Gasteiger partial charge in [0.15, 0.2) is 0 Å². The molecule has 74 valence electrons. The van der Waals surface area contributed by atoms with Crippen LogP contribution in [0, 0.1) is 3.70 Å². The molecule has 0 spiro atoms. The summed E-state index contributed by atoms with van der Waals surface area (Å²) in [6, 6.07) is 0. The van der Waals surface area contributed by atoms with Crippen molar-refractivity contribution in [3.63, 3.8) is 0 Å². The highest BCUT2D eigenvalue weighted by molar-refractivity contribution is 14.1. The summed E-state index contributed by atoms with van der Waals surface area (Å²) >= 11 is 5.69. The lowest BCUT2D eigenvalue weighted by atomic mass is 10.1. The molecule has 0 aliphatic heterocycles. The Hall–Kier alpha value is 0.220. The van der Waals surface area contributed by atoms with Crippen molar-refractivity contribution in [2.75, 3.05) is 7.11 Å². The summed E-state index contributed by atoms with van der Waals surface area (Å²) < 4.78 is 9.04. The summed E-state index contributed by atoms with van der Waals surface area (Å²) in [5.74, 6) is 0.638. The molecule has 0 aliphatic rings. The second kappa shape index (κ2) is 3.76. The van der Waals surface area contributed by atoms with Gasteiger partial charge in [-0.3, -0.25) is 0 Å². The van der Waals surface area contributed by atoms with E-state index in [1.54, 1.807) is 7.11 Å². The van der Waals surface area contributed by atoms with Crippen LogP contribution in [0.1, 0.15) is 20.8 Å². The molecule has 0 amide bonds. The van der Waals surface area contributed by atoms with Crippen molar-refractivity contribution in [2.45, 2.75) is 26.3 Å². The van der Waals surface area contributed by atoms with Crippen LogP contribution < -0.4 is 4.74 Å². The van der Waals surface area contributed by atoms with Crippen molar-refractivity contribution in [1.82, 2.24) is 9.78 Å². The van der Waals surface area contributed by atoms with Crippen LogP contribution in [0.15, 0.2) is 4.47 Å². The first-order valence-electron chi connectivity index (χ1n) is 3.86. The van der Waals surface area contributed by atoms with Crippen LogP contribution in [0.3, 0.4) is 0 Å². The van der Waals surface area contributed by atoms with Gasteiger partial charge in [-0.2, -0.15) is 0 Å².